The van der Waals surface area contributed by atoms with Crippen LogP contribution in [0.25, 0.3) is 5.76 Å². The lowest BCUT2D eigenvalue weighted by Crippen LogP contribution is -2.30. The fourth-order valence-electron chi connectivity index (χ4n) is 3.86. The Morgan fingerprint density at radius 3 is 2.24 bits per heavy atom. The molecule has 1 aliphatic rings. The van der Waals surface area contributed by atoms with Crippen molar-refractivity contribution in [2.45, 2.75) is 12.2 Å². The highest BCUT2D eigenvalue weighted by atomic mass is 19.4. The number of nitro groups is 1. The highest BCUT2D eigenvalue weighted by Gasteiger charge is 2.49. The molecule has 1 saturated heterocycles. The van der Waals surface area contributed by atoms with Crippen LogP contribution in [0.15, 0.2) is 84.4 Å². The van der Waals surface area contributed by atoms with Gasteiger partial charge in [-0.2, -0.15) is 13.2 Å². The van der Waals surface area contributed by atoms with Crippen molar-refractivity contribution in [3.05, 3.63) is 111 Å². The van der Waals surface area contributed by atoms with Gasteiger partial charge in [0, 0.05) is 17.3 Å². The Kier molecular flexibility index (Phi) is 5.66. The van der Waals surface area contributed by atoms with E-state index in [0.717, 1.165) is 23.1 Å². The summed E-state index contributed by atoms with van der Waals surface area (Å²) in [7, 11) is 0. The number of hydrogen-bond donors (Lipinski definition) is 1. The number of hydrogen-bond acceptors (Lipinski definition) is 5. The second kappa shape index (κ2) is 8.47. The van der Waals surface area contributed by atoms with Gasteiger partial charge in [0.15, 0.2) is 0 Å². The third-order valence-electron chi connectivity index (χ3n) is 5.37. The number of aliphatic hydroxyl groups excluding tert-OH is 1. The van der Waals surface area contributed by atoms with Crippen LogP contribution >= 0.6 is 0 Å². The standard InChI is InChI=1S/C24H15F3N2O5/c25-24(26,27)15-9-6-10-16(13-15)28-20(17-11-4-5-12-18(17)29(33)34)19(22(31)23(28)32)21(30)14-7-2-1-3-8-14/h1-13,20,30H/b21-19+/t20-/m0/s1. The molecule has 172 valence electrons. The van der Waals surface area contributed by atoms with Gasteiger partial charge < -0.3 is 5.11 Å². The second-order valence-corrected chi connectivity index (χ2v) is 7.40. The largest absolute Gasteiger partial charge is 0.507 e. The molecule has 1 fully saturated rings. The van der Waals surface area contributed by atoms with E-state index in [2.05, 4.69) is 0 Å². The first-order valence-corrected chi connectivity index (χ1v) is 9.88. The van der Waals surface area contributed by atoms with Crippen molar-refractivity contribution in [2.24, 2.45) is 0 Å². The molecule has 0 aliphatic carbocycles. The maximum Gasteiger partial charge on any atom is 0.416 e. The van der Waals surface area contributed by atoms with Crippen LogP contribution in [0.5, 0.6) is 0 Å². The van der Waals surface area contributed by atoms with Crippen LogP contribution in [0.2, 0.25) is 0 Å². The third kappa shape index (κ3) is 3.90. The fraction of sp³-hybridized carbons (Fsp3) is 0.0833. The number of para-hydroxylation sites is 1. The van der Waals surface area contributed by atoms with E-state index in [1.807, 2.05) is 0 Å². The van der Waals surface area contributed by atoms with E-state index < -0.39 is 51.4 Å². The van der Waals surface area contributed by atoms with Gasteiger partial charge in [-0.25, -0.2) is 0 Å². The number of aliphatic hydroxyl groups is 1. The minimum Gasteiger partial charge on any atom is -0.507 e. The lowest BCUT2D eigenvalue weighted by Gasteiger charge is -2.25. The van der Waals surface area contributed by atoms with Crippen LogP contribution in [-0.4, -0.2) is 21.7 Å². The van der Waals surface area contributed by atoms with Gasteiger partial charge in [-0.15, -0.1) is 0 Å². The summed E-state index contributed by atoms with van der Waals surface area (Å²) in [6, 6.07) is 15.1. The molecule has 1 N–H and O–H groups in total. The lowest BCUT2D eigenvalue weighted by molar-refractivity contribution is -0.385. The normalized spacial score (nSPS) is 17.7. The number of benzene rings is 3. The highest BCUT2D eigenvalue weighted by molar-refractivity contribution is 6.51. The number of nitrogens with zero attached hydrogens (tertiary/aromatic N) is 2. The summed E-state index contributed by atoms with van der Waals surface area (Å²) >= 11 is 0. The van der Waals surface area contributed by atoms with Gasteiger partial charge in [0.1, 0.15) is 11.8 Å². The molecule has 4 rings (SSSR count). The zero-order valence-corrected chi connectivity index (χ0v) is 17.2. The molecule has 10 heteroatoms. The first-order chi connectivity index (χ1) is 16.1. The van der Waals surface area contributed by atoms with E-state index in [9.17, 15) is 38.0 Å². The summed E-state index contributed by atoms with van der Waals surface area (Å²) < 4.78 is 40.0. The van der Waals surface area contributed by atoms with Gasteiger partial charge in [0.25, 0.3) is 17.4 Å². The number of rotatable bonds is 4. The van der Waals surface area contributed by atoms with Crippen molar-refractivity contribution < 1.29 is 32.8 Å². The van der Waals surface area contributed by atoms with Crippen molar-refractivity contribution in [1.82, 2.24) is 0 Å². The van der Waals surface area contributed by atoms with Crippen LogP contribution in [-0.2, 0) is 15.8 Å². The van der Waals surface area contributed by atoms with E-state index in [-0.39, 0.29) is 16.8 Å². The molecule has 0 spiro atoms. The first-order valence-electron chi connectivity index (χ1n) is 9.88. The van der Waals surface area contributed by atoms with Crippen molar-refractivity contribution in [3.63, 3.8) is 0 Å². The molecule has 3 aromatic carbocycles. The number of amides is 1. The molecule has 1 atom stereocenters. The molecule has 7 nitrogen and oxygen atoms in total. The van der Waals surface area contributed by atoms with Crippen LogP contribution in [0.4, 0.5) is 24.5 Å². The minimum atomic E-state index is -4.73. The third-order valence-corrected chi connectivity index (χ3v) is 5.37. The Labute approximate surface area is 190 Å². The molecule has 1 amide bonds. The topological polar surface area (TPSA) is 101 Å². The summed E-state index contributed by atoms with van der Waals surface area (Å²) in [5.41, 5.74) is -2.29. The Morgan fingerprint density at radius 2 is 1.59 bits per heavy atom. The summed E-state index contributed by atoms with van der Waals surface area (Å²) in [6.07, 6.45) is -4.73. The summed E-state index contributed by atoms with van der Waals surface area (Å²) in [5, 5.41) is 22.7. The zero-order chi connectivity index (χ0) is 24.6. The van der Waals surface area contributed by atoms with Crippen LogP contribution in [0, 0.1) is 10.1 Å². The van der Waals surface area contributed by atoms with E-state index >= 15 is 0 Å². The Morgan fingerprint density at radius 1 is 0.941 bits per heavy atom. The monoisotopic (exact) mass is 468 g/mol. The number of anilines is 1. The number of halogens is 3. The maximum atomic E-state index is 13.3. The van der Waals surface area contributed by atoms with E-state index in [0.29, 0.717) is 6.07 Å². The van der Waals surface area contributed by atoms with Gasteiger partial charge >= 0.3 is 6.18 Å². The molecule has 0 aromatic heterocycles. The Hall–Kier alpha value is -4.47. The summed E-state index contributed by atoms with van der Waals surface area (Å²) in [6.45, 7) is 0. The average molecular weight is 468 g/mol. The number of alkyl halides is 3. The summed E-state index contributed by atoms with van der Waals surface area (Å²) in [4.78, 5) is 37.8. The van der Waals surface area contributed by atoms with Gasteiger partial charge in [-0.3, -0.25) is 24.6 Å². The van der Waals surface area contributed by atoms with Crippen molar-refractivity contribution in [1.29, 1.82) is 0 Å². The fourth-order valence-corrected chi connectivity index (χ4v) is 3.86. The molecule has 3 aromatic rings. The predicted octanol–water partition coefficient (Wildman–Crippen LogP) is 5.24. The van der Waals surface area contributed by atoms with Crippen molar-refractivity contribution in [2.75, 3.05) is 4.90 Å². The number of nitro benzene ring substituents is 1. The van der Waals surface area contributed by atoms with E-state index in [1.54, 1.807) is 18.2 Å². The van der Waals surface area contributed by atoms with Gasteiger partial charge in [-0.1, -0.05) is 48.5 Å². The first kappa shape index (κ1) is 22.7. The quantitative estimate of drug-likeness (QED) is 0.186. The average Bonchev–Trinajstić information content (AvgIpc) is 3.09. The SMILES string of the molecule is O=C1C(=O)N(c2cccc(C(F)(F)F)c2)[C@@H](c2ccccc2[N+](=O)[O-])/C1=C(\O)c1ccccc1. The summed E-state index contributed by atoms with van der Waals surface area (Å²) in [5.74, 6) is -3.00. The molecule has 0 radical (unpaired) electrons. The van der Waals surface area contributed by atoms with Crippen LogP contribution in [0.3, 0.4) is 0 Å². The Balaban J connectivity index is 2.01. The Bertz CT molecular complexity index is 1340. The minimum absolute atomic E-state index is 0.137. The van der Waals surface area contributed by atoms with Crippen LogP contribution in [0.1, 0.15) is 22.7 Å². The molecular weight excluding hydrogens is 453 g/mol. The molecule has 1 aliphatic heterocycles. The number of ketones is 1. The second-order valence-electron chi connectivity index (χ2n) is 7.40. The lowest BCUT2D eigenvalue weighted by atomic mass is 9.94. The van der Waals surface area contributed by atoms with Gasteiger partial charge in [0.2, 0.25) is 0 Å². The number of carbonyl (C=O) groups is 2. The molecule has 0 saturated carbocycles. The molecular formula is C24H15F3N2O5. The van der Waals surface area contributed by atoms with Crippen molar-refractivity contribution in [3.8, 4) is 0 Å². The molecule has 1 heterocycles. The number of carbonyl (C=O) groups excluding carboxylic acids is 2. The predicted molar refractivity (Wildman–Crippen MR) is 116 cm³/mol. The smallest absolute Gasteiger partial charge is 0.416 e. The zero-order valence-electron chi connectivity index (χ0n) is 17.2. The van der Waals surface area contributed by atoms with E-state index in [1.165, 1.54) is 36.4 Å². The number of Topliss-reactive ketones (excluding diaryl/α,β-unsaturated/α-hetero) is 1. The molecule has 34 heavy (non-hydrogen) atoms. The highest BCUT2D eigenvalue weighted by Crippen LogP contribution is 2.45. The van der Waals surface area contributed by atoms with Crippen LogP contribution < -0.4 is 4.90 Å². The van der Waals surface area contributed by atoms with Gasteiger partial charge in [-0.05, 0) is 24.3 Å². The van der Waals surface area contributed by atoms with Gasteiger partial charge in [0.05, 0.1) is 21.6 Å². The van der Waals surface area contributed by atoms with E-state index in [4.69, 9.17) is 0 Å². The molecule has 0 unspecified atom stereocenters. The molecule has 0 bridgehead atoms. The maximum absolute atomic E-state index is 13.3. The van der Waals surface area contributed by atoms with Crippen molar-refractivity contribution >= 4 is 28.8 Å².